The summed E-state index contributed by atoms with van der Waals surface area (Å²) in [5.74, 6) is 2.73. The van der Waals surface area contributed by atoms with E-state index >= 15 is 0 Å². The van der Waals surface area contributed by atoms with Crippen molar-refractivity contribution in [2.45, 2.75) is 45.2 Å². The summed E-state index contributed by atoms with van der Waals surface area (Å²) in [5, 5.41) is 8.99. The van der Waals surface area contributed by atoms with Gasteiger partial charge in [0.05, 0.1) is 18.7 Å². The van der Waals surface area contributed by atoms with Gasteiger partial charge in [0.25, 0.3) is 5.91 Å². The number of nitrogens with zero attached hydrogens (tertiary/aromatic N) is 5. The molecule has 0 unspecified atom stereocenters. The molecule has 0 bridgehead atoms. The molecule has 4 rings (SSSR count). The van der Waals surface area contributed by atoms with Gasteiger partial charge in [-0.25, -0.2) is 0 Å². The van der Waals surface area contributed by atoms with E-state index in [0.717, 1.165) is 43.1 Å². The Morgan fingerprint density at radius 1 is 1.14 bits per heavy atom. The smallest absolute Gasteiger partial charge is 0.257 e. The number of aryl methyl sites for hydroxylation is 1. The van der Waals surface area contributed by atoms with Crippen molar-refractivity contribution < 1.29 is 9.53 Å². The van der Waals surface area contributed by atoms with Crippen LogP contribution in [0, 0.1) is 6.92 Å². The van der Waals surface area contributed by atoms with Crippen molar-refractivity contribution in [1.29, 1.82) is 0 Å². The number of amides is 1. The molecule has 2 aliphatic rings. The number of piperidine rings is 1. The molecule has 3 heterocycles. The maximum atomic E-state index is 13.2. The Balaban J connectivity index is 1.54. The molecule has 7 heteroatoms. The number of carbonyl (C=O) groups is 1. The van der Waals surface area contributed by atoms with Gasteiger partial charge in [-0.3, -0.25) is 9.69 Å². The van der Waals surface area contributed by atoms with E-state index in [2.05, 4.69) is 26.7 Å². The molecular weight excluding hydrogens is 354 g/mol. The van der Waals surface area contributed by atoms with Gasteiger partial charge in [-0.2, -0.15) is 0 Å². The van der Waals surface area contributed by atoms with Crippen LogP contribution in [0.5, 0.6) is 5.75 Å². The number of methoxy groups -OCH3 is 1. The highest BCUT2D eigenvalue weighted by Gasteiger charge is 2.30. The summed E-state index contributed by atoms with van der Waals surface area (Å²) >= 11 is 0. The summed E-state index contributed by atoms with van der Waals surface area (Å²) < 4.78 is 7.74. The van der Waals surface area contributed by atoms with E-state index in [1.807, 2.05) is 30.0 Å². The molecule has 1 fully saturated rings. The quantitative estimate of drug-likeness (QED) is 0.815. The molecule has 1 amide bonds. The molecule has 0 aliphatic carbocycles. The van der Waals surface area contributed by atoms with Gasteiger partial charge in [0.1, 0.15) is 17.4 Å². The van der Waals surface area contributed by atoms with Gasteiger partial charge < -0.3 is 14.2 Å². The molecule has 2 aromatic rings. The molecule has 0 spiro atoms. The minimum absolute atomic E-state index is 0.0237. The zero-order valence-corrected chi connectivity index (χ0v) is 17.0. The molecule has 2 aliphatic heterocycles. The van der Waals surface area contributed by atoms with E-state index in [-0.39, 0.29) is 5.91 Å². The van der Waals surface area contributed by atoms with Gasteiger partial charge in [0.2, 0.25) is 0 Å². The van der Waals surface area contributed by atoms with Crippen LogP contribution in [0.25, 0.3) is 0 Å². The van der Waals surface area contributed by atoms with Crippen LogP contribution in [0.15, 0.2) is 18.2 Å². The number of likely N-dealkylation sites (tertiary alicyclic amines) is 1. The average Bonchev–Trinajstić information content (AvgIpc) is 2.98. The highest BCUT2D eigenvalue weighted by Crippen LogP contribution is 2.30. The second-order valence-electron chi connectivity index (χ2n) is 7.82. The van der Waals surface area contributed by atoms with Crippen LogP contribution < -0.4 is 4.74 Å². The second kappa shape index (κ2) is 7.91. The van der Waals surface area contributed by atoms with Crippen molar-refractivity contribution in [3.05, 3.63) is 41.0 Å². The number of aromatic nitrogens is 3. The first-order chi connectivity index (χ1) is 13.6. The predicted molar refractivity (Wildman–Crippen MR) is 107 cm³/mol. The summed E-state index contributed by atoms with van der Waals surface area (Å²) in [4.78, 5) is 17.5. The first-order valence-corrected chi connectivity index (χ1v) is 10.1. The van der Waals surface area contributed by atoms with E-state index in [0.29, 0.717) is 30.4 Å². The van der Waals surface area contributed by atoms with Crippen molar-refractivity contribution >= 4 is 5.91 Å². The number of ether oxygens (including phenoxy) is 1. The highest BCUT2D eigenvalue weighted by molar-refractivity contribution is 5.97. The van der Waals surface area contributed by atoms with Gasteiger partial charge >= 0.3 is 0 Å². The zero-order chi connectivity index (χ0) is 19.7. The van der Waals surface area contributed by atoms with Gasteiger partial charge in [0.15, 0.2) is 0 Å². The Morgan fingerprint density at radius 2 is 2.00 bits per heavy atom. The fourth-order valence-corrected chi connectivity index (χ4v) is 4.46. The minimum atomic E-state index is 0.0237. The normalized spacial score (nSPS) is 20.5. The topological polar surface area (TPSA) is 63.5 Å². The predicted octanol–water partition coefficient (Wildman–Crippen LogP) is 2.45. The standard InChI is InChI=1S/C21H29N5O2/c1-15-7-6-8-16(19(15)28-3)21(27)25-12-10-18-22-23-20(26(18)14-13-25)17-9-4-5-11-24(17)2/h6-8,17H,4-5,9-14H2,1-3H3/t17-/m1/s1. The molecule has 1 aromatic heterocycles. The summed E-state index contributed by atoms with van der Waals surface area (Å²) in [6.07, 6.45) is 4.32. The average molecular weight is 383 g/mol. The van der Waals surface area contributed by atoms with Gasteiger partial charge in [-0.15, -0.1) is 10.2 Å². The zero-order valence-electron chi connectivity index (χ0n) is 17.0. The van der Waals surface area contributed by atoms with Crippen molar-refractivity contribution in [1.82, 2.24) is 24.6 Å². The Hall–Kier alpha value is -2.41. The van der Waals surface area contributed by atoms with E-state index in [1.165, 1.54) is 12.8 Å². The van der Waals surface area contributed by atoms with Gasteiger partial charge in [0, 0.05) is 26.1 Å². The van der Waals surface area contributed by atoms with Crippen molar-refractivity contribution in [3.8, 4) is 5.75 Å². The third kappa shape index (κ3) is 3.39. The van der Waals surface area contributed by atoms with Crippen LogP contribution in [-0.2, 0) is 13.0 Å². The maximum Gasteiger partial charge on any atom is 0.257 e. The molecule has 0 saturated carbocycles. The minimum Gasteiger partial charge on any atom is -0.496 e. The number of carbonyl (C=O) groups excluding carboxylic acids is 1. The summed E-state index contributed by atoms with van der Waals surface area (Å²) in [6.45, 7) is 5.11. The highest BCUT2D eigenvalue weighted by atomic mass is 16.5. The lowest BCUT2D eigenvalue weighted by atomic mass is 10.0. The Morgan fingerprint density at radius 3 is 2.79 bits per heavy atom. The molecule has 0 radical (unpaired) electrons. The van der Waals surface area contributed by atoms with Crippen LogP contribution in [0.4, 0.5) is 0 Å². The number of rotatable bonds is 3. The molecule has 1 saturated heterocycles. The molecule has 0 N–H and O–H groups in total. The fraction of sp³-hybridized carbons (Fsp3) is 0.571. The summed E-state index contributed by atoms with van der Waals surface area (Å²) in [7, 11) is 3.79. The van der Waals surface area contributed by atoms with E-state index < -0.39 is 0 Å². The Kier molecular flexibility index (Phi) is 5.35. The molecule has 28 heavy (non-hydrogen) atoms. The van der Waals surface area contributed by atoms with E-state index in [4.69, 9.17) is 4.74 Å². The third-order valence-corrected chi connectivity index (χ3v) is 6.06. The molecule has 150 valence electrons. The largest absolute Gasteiger partial charge is 0.496 e. The van der Waals surface area contributed by atoms with Crippen molar-refractivity contribution in [2.75, 3.05) is 33.8 Å². The monoisotopic (exact) mass is 383 g/mol. The second-order valence-corrected chi connectivity index (χ2v) is 7.82. The lowest BCUT2D eigenvalue weighted by molar-refractivity contribution is 0.0754. The van der Waals surface area contributed by atoms with E-state index in [1.54, 1.807) is 7.11 Å². The summed E-state index contributed by atoms with van der Waals surface area (Å²) in [6, 6.07) is 6.05. The van der Waals surface area contributed by atoms with Crippen molar-refractivity contribution in [3.63, 3.8) is 0 Å². The molecular formula is C21H29N5O2. The van der Waals surface area contributed by atoms with Gasteiger partial charge in [-0.1, -0.05) is 18.6 Å². The lowest BCUT2D eigenvalue weighted by Crippen LogP contribution is -2.35. The van der Waals surface area contributed by atoms with Crippen molar-refractivity contribution in [2.24, 2.45) is 0 Å². The van der Waals surface area contributed by atoms with Crippen LogP contribution in [0.1, 0.15) is 52.9 Å². The lowest BCUT2D eigenvalue weighted by Gasteiger charge is -2.32. The molecule has 1 aromatic carbocycles. The number of para-hydroxylation sites is 1. The third-order valence-electron chi connectivity index (χ3n) is 6.06. The maximum absolute atomic E-state index is 13.2. The van der Waals surface area contributed by atoms with Crippen LogP contribution >= 0.6 is 0 Å². The first-order valence-electron chi connectivity index (χ1n) is 10.1. The number of fused-ring (bicyclic) bond motifs is 1. The van der Waals surface area contributed by atoms with Gasteiger partial charge in [-0.05, 0) is 45.0 Å². The van der Waals surface area contributed by atoms with Crippen LogP contribution in [0.3, 0.4) is 0 Å². The Labute approximate surface area is 166 Å². The van der Waals surface area contributed by atoms with Crippen LogP contribution in [-0.4, -0.2) is 64.3 Å². The number of hydrogen-bond acceptors (Lipinski definition) is 5. The SMILES string of the molecule is COc1c(C)cccc1C(=O)N1CCc2nnc([C@H]3CCCCN3C)n2CC1. The summed E-state index contributed by atoms with van der Waals surface area (Å²) in [5.41, 5.74) is 1.61. The molecule has 7 nitrogen and oxygen atoms in total. The number of hydrogen-bond donors (Lipinski definition) is 0. The fourth-order valence-electron chi connectivity index (χ4n) is 4.46. The number of benzene rings is 1. The first kappa shape index (κ1) is 18.9. The Bertz CT molecular complexity index is 862. The van der Waals surface area contributed by atoms with Crippen LogP contribution in [0.2, 0.25) is 0 Å². The molecule has 1 atom stereocenters. The van der Waals surface area contributed by atoms with E-state index in [9.17, 15) is 4.79 Å².